The lowest BCUT2D eigenvalue weighted by Gasteiger charge is -2.26. The second-order valence-corrected chi connectivity index (χ2v) is 7.76. The fourth-order valence-electron chi connectivity index (χ4n) is 3.36. The first kappa shape index (κ1) is 19.8. The monoisotopic (exact) mass is 345 g/mol. The van der Waals surface area contributed by atoms with Crippen LogP contribution in [0.25, 0.3) is 0 Å². The molecule has 4 nitrogen and oxygen atoms in total. The quantitative estimate of drug-likeness (QED) is 0.578. The lowest BCUT2D eigenvalue weighted by molar-refractivity contribution is 0.114. The molecule has 1 aromatic rings. The summed E-state index contributed by atoms with van der Waals surface area (Å²) in [5, 5.41) is 3.47. The molecule has 0 saturated carbocycles. The summed E-state index contributed by atoms with van der Waals surface area (Å²) in [5.74, 6) is 1.68. The molecule has 1 saturated heterocycles. The highest BCUT2D eigenvalue weighted by Gasteiger charge is 2.26. The Morgan fingerprint density at radius 3 is 2.72 bits per heavy atom. The van der Waals surface area contributed by atoms with Gasteiger partial charge in [-0.25, -0.2) is 0 Å². The average molecular weight is 346 g/mol. The predicted molar refractivity (Wildman–Crippen MR) is 106 cm³/mol. The fraction of sp³-hybridized carbons (Fsp3) is 0.667. The largest absolute Gasteiger partial charge is 0.381 e. The summed E-state index contributed by atoms with van der Waals surface area (Å²) in [6.45, 7) is 14.3. The third-order valence-electron chi connectivity index (χ3n) is 4.66. The van der Waals surface area contributed by atoms with Gasteiger partial charge in [-0.2, -0.15) is 0 Å². The second-order valence-electron chi connectivity index (χ2n) is 7.76. The van der Waals surface area contributed by atoms with Gasteiger partial charge in [-0.3, -0.25) is 4.99 Å². The van der Waals surface area contributed by atoms with Gasteiger partial charge in [-0.05, 0) is 37.7 Å². The second kappa shape index (κ2) is 9.81. The Morgan fingerprint density at radius 2 is 2.04 bits per heavy atom. The predicted octanol–water partition coefficient (Wildman–Crippen LogP) is 3.58. The van der Waals surface area contributed by atoms with Crippen molar-refractivity contribution >= 4 is 5.96 Å². The van der Waals surface area contributed by atoms with Crippen LogP contribution in [-0.4, -0.2) is 50.3 Å². The van der Waals surface area contributed by atoms with Gasteiger partial charge in [-0.1, -0.05) is 44.2 Å². The Labute approximate surface area is 153 Å². The molecule has 140 valence electrons. The van der Waals surface area contributed by atoms with Crippen molar-refractivity contribution in [3.8, 4) is 0 Å². The van der Waals surface area contributed by atoms with E-state index >= 15 is 0 Å². The molecule has 1 aliphatic heterocycles. The van der Waals surface area contributed by atoms with E-state index in [0.29, 0.717) is 5.92 Å². The number of ether oxygens (including phenoxy) is 1. The molecular formula is C21H35N3O. The van der Waals surface area contributed by atoms with Gasteiger partial charge in [0, 0.05) is 38.7 Å². The topological polar surface area (TPSA) is 36.9 Å². The first-order chi connectivity index (χ1) is 12.0. The number of rotatable bonds is 8. The maximum atomic E-state index is 5.60. The van der Waals surface area contributed by atoms with Gasteiger partial charge in [-0.15, -0.1) is 0 Å². The summed E-state index contributed by atoms with van der Waals surface area (Å²) in [4.78, 5) is 7.36. The molecule has 0 bridgehead atoms. The molecule has 2 rings (SSSR count). The first-order valence-electron chi connectivity index (χ1n) is 9.69. The lowest BCUT2D eigenvalue weighted by atomic mass is 9.86. The third-order valence-corrected chi connectivity index (χ3v) is 4.66. The number of hydrogen-bond donors (Lipinski definition) is 1. The average Bonchev–Trinajstić information content (AvgIpc) is 3.06. The number of aliphatic imine (C=N–C) groups is 1. The Hall–Kier alpha value is -1.55. The van der Waals surface area contributed by atoms with Crippen molar-refractivity contribution in [1.29, 1.82) is 0 Å². The van der Waals surface area contributed by atoms with Crippen LogP contribution in [0.5, 0.6) is 0 Å². The number of nitrogens with zero attached hydrogens (tertiary/aromatic N) is 2. The van der Waals surface area contributed by atoms with Crippen molar-refractivity contribution in [2.24, 2.45) is 16.3 Å². The SMILES string of the molecule is CCNC(=NCC(C)(C)Cc1ccccc1)N1CCC(COCC)C1. The van der Waals surface area contributed by atoms with Gasteiger partial charge in [0.2, 0.25) is 0 Å². The molecule has 1 aromatic carbocycles. The van der Waals surface area contributed by atoms with Gasteiger partial charge in [0.1, 0.15) is 0 Å². The Kier molecular flexibility index (Phi) is 7.76. The molecule has 0 radical (unpaired) electrons. The minimum atomic E-state index is 0.145. The zero-order chi connectivity index (χ0) is 18.1. The van der Waals surface area contributed by atoms with E-state index in [2.05, 4.69) is 68.2 Å². The molecular weight excluding hydrogens is 310 g/mol. The van der Waals surface area contributed by atoms with Gasteiger partial charge in [0.05, 0.1) is 6.61 Å². The van der Waals surface area contributed by atoms with Crippen LogP contribution in [0.1, 0.15) is 39.7 Å². The molecule has 0 spiro atoms. The summed E-state index contributed by atoms with van der Waals surface area (Å²) in [6.07, 6.45) is 2.24. The molecule has 1 fully saturated rings. The maximum Gasteiger partial charge on any atom is 0.193 e. The highest BCUT2D eigenvalue weighted by Crippen LogP contribution is 2.23. The number of hydrogen-bond acceptors (Lipinski definition) is 2. The number of benzene rings is 1. The number of guanidine groups is 1. The number of likely N-dealkylation sites (tertiary alicyclic amines) is 1. The van der Waals surface area contributed by atoms with E-state index in [9.17, 15) is 0 Å². The van der Waals surface area contributed by atoms with Crippen LogP contribution in [0.15, 0.2) is 35.3 Å². The Balaban J connectivity index is 1.94. The van der Waals surface area contributed by atoms with Crippen LogP contribution >= 0.6 is 0 Å². The van der Waals surface area contributed by atoms with E-state index in [4.69, 9.17) is 9.73 Å². The van der Waals surface area contributed by atoms with Crippen LogP contribution < -0.4 is 5.32 Å². The van der Waals surface area contributed by atoms with Crippen molar-refractivity contribution in [2.75, 3.05) is 39.4 Å². The van der Waals surface area contributed by atoms with Gasteiger partial charge in [0.25, 0.3) is 0 Å². The summed E-state index contributed by atoms with van der Waals surface area (Å²) in [6, 6.07) is 10.7. The van der Waals surface area contributed by atoms with Crippen molar-refractivity contribution in [2.45, 2.75) is 40.5 Å². The Bertz CT molecular complexity index is 527. The van der Waals surface area contributed by atoms with E-state index < -0.39 is 0 Å². The molecule has 1 unspecified atom stereocenters. The fourth-order valence-corrected chi connectivity index (χ4v) is 3.36. The van der Waals surface area contributed by atoms with Crippen molar-refractivity contribution in [3.05, 3.63) is 35.9 Å². The van der Waals surface area contributed by atoms with Crippen LogP contribution in [0, 0.1) is 11.3 Å². The minimum absolute atomic E-state index is 0.145. The van der Waals surface area contributed by atoms with Crippen molar-refractivity contribution in [3.63, 3.8) is 0 Å². The van der Waals surface area contributed by atoms with Gasteiger partial charge in [0.15, 0.2) is 5.96 Å². The summed E-state index contributed by atoms with van der Waals surface area (Å²) in [5.41, 5.74) is 1.53. The summed E-state index contributed by atoms with van der Waals surface area (Å²) < 4.78 is 5.60. The van der Waals surface area contributed by atoms with Gasteiger partial charge >= 0.3 is 0 Å². The van der Waals surface area contributed by atoms with Crippen LogP contribution in [0.2, 0.25) is 0 Å². The molecule has 1 heterocycles. The highest BCUT2D eigenvalue weighted by atomic mass is 16.5. The minimum Gasteiger partial charge on any atom is -0.381 e. The first-order valence-corrected chi connectivity index (χ1v) is 9.69. The van der Waals surface area contributed by atoms with E-state index in [0.717, 1.165) is 51.8 Å². The maximum absolute atomic E-state index is 5.60. The Morgan fingerprint density at radius 1 is 1.28 bits per heavy atom. The molecule has 1 aliphatic rings. The van der Waals surface area contributed by atoms with Crippen molar-refractivity contribution in [1.82, 2.24) is 10.2 Å². The third kappa shape index (κ3) is 6.69. The molecule has 0 aromatic heterocycles. The highest BCUT2D eigenvalue weighted by molar-refractivity contribution is 5.80. The van der Waals surface area contributed by atoms with E-state index in [1.807, 2.05) is 0 Å². The van der Waals surface area contributed by atoms with E-state index in [1.165, 1.54) is 12.0 Å². The van der Waals surface area contributed by atoms with Crippen LogP contribution in [0.4, 0.5) is 0 Å². The molecule has 0 amide bonds. The molecule has 1 N–H and O–H groups in total. The van der Waals surface area contributed by atoms with Crippen LogP contribution in [0.3, 0.4) is 0 Å². The smallest absolute Gasteiger partial charge is 0.193 e. The summed E-state index contributed by atoms with van der Waals surface area (Å²) >= 11 is 0. The van der Waals surface area contributed by atoms with Gasteiger partial charge < -0.3 is 15.0 Å². The van der Waals surface area contributed by atoms with E-state index in [-0.39, 0.29) is 5.41 Å². The summed E-state index contributed by atoms with van der Waals surface area (Å²) in [7, 11) is 0. The molecule has 25 heavy (non-hydrogen) atoms. The zero-order valence-electron chi connectivity index (χ0n) is 16.4. The lowest BCUT2D eigenvalue weighted by Crippen LogP contribution is -2.41. The standard InChI is InChI=1S/C21H35N3O/c1-5-22-20(24-13-12-19(15-24)16-25-6-2)23-17-21(3,4)14-18-10-8-7-9-11-18/h7-11,19H,5-6,12-17H2,1-4H3,(H,22,23). The molecule has 0 aliphatic carbocycles. The number of nitrogens with one attached hydrogen (secondary N) is 1. The zero-order valence-corrected chi connectivity index (χ0v) is 16.4. The van der Waals surface area contributed by atoms with Crippen molar-refractivity contribution < 1.29 is 4.74 Å². The van der Waals surface area contributed by atoms with Crippen LogP contribution in [-0.2, 0) is 11.2 Å². The van der Waals surface area contributed by atoms with E-state index in [1.54, 1.807) is 0 Å². The normalized spacial score (nSPS) is 18.6. The molecule has 1 atom stereocenters. The molecule has 4 heteroatoms.